The van der Waals surface area contributed by atoms with E-state index in [4.69, 9.17) is 0 Å². The molecule has 25 heavy (non-hydrogen) atoms. The number of halogens is 1. The van der Waals surface area contributed by atoms with E-state index in [9.17, 15) is 14.7 Å². The van der Waals surface area contributed by atoms with Gasteiger partial charge in [0.15, 0.2) is 0 Å². The fourth-order valence-electron chi connectivity index (χ4n) is 2.53. The van der Waals surface area contributed by atoms with Gasteiger partial charge in [0.2, 0.25) is 0 Å². The van der Waals surface area contributed by atoms with E-state index in [1.165, 1.54) is 6.07 Å². The number of anilines is 1. The van der Waals surface area contributed by atoms with E-state index in [0.29, 0.717) is 16.7 Å². The smallest absolute Gasteiger partial charge is 0.337 e. The molecule has 0 aliphatic carbocycles. The van der Waals surface area contributed by atoms with Crippen LogP contribution in [0.5, 0.6) is 0 Å². The molecule has 0 aliphatic heterocycles. The Hall–Kier alpha value is -2.86. The zero-order valence-corrected chi connectivity index (χ0v) is 14.7. The molecule has 2 N–H and O–H groups in total. The average Bonchev–Trinajstić information content (AvgIpc) is 3.04. The van der Waals surface area contributed by atoms with Crippen LogP contribution in [0.3, 0.4) is 0 Å². The number of nitrogens with one attached hydrogen (secondary N) is 1. The standard InChI is InChI=1S/C19H15BrN2O3/c20-14-8-9-15(19(24)25)16(11-14)21-18(23)17-7-4-10-22(17)12-13-5-2-1-3-6-13/h1-11H,12H2,(H,21,23)(H,24,25). The van der Waals surface area contributed by atoms with Crippen molar-refractivity contribution < 1.29 is 14.7 Å². The minimum Gasteiger partial charge on any atom is -0.478 e. The molecule has 1 aromatic heterocycles. The number of nitrogens with zero attached hydrogens (tertiary/aromatic N) is 1. The van der Waals surface area contributed by atoms with Crippen LogP contribution in [0.4, 0.5) is 5.69 Å². The van der Waals surface area contributed by atoms with Gasteiger partial charge in [0.25, 0.3) is 5.91 Å². The minimum absolute atomic E-state index is 0.0396. The Kier molecular flexibility index (Phi) is 5.00. The Labute approximate surface area is 153 Å². The highest BCUT2D eigenvalue weighted by Crippen LogP contribution is 2.22. The summed E-state index contributed by atoms with van der Waals surface area (Å²) in [7, 11) is 0. The van der Waals surface area contributed by atoms with Crippen LogP contribution in [0.2, 0.25) is 0 Å². The predicted molar refractivity (Wildman–Crippen MR) is 99.0 cm³/mol. The highest BCUT2D eigenvalue weighted by Gasteiger charge is 2.16. The van der Waals surface area contributed by atoms with Gasteiger partial charge in [0, 0.05) is 17.2 Å². The molecule has 126 valence electrons. The third-order valence-electron chi connectivity index (χ3n) is 3.72. The maximum Gasteiger partial charge on any atom is 0.337 e. The van der Waals surface area contributed by atoms with Crippen LogP contribution in [0.25, 0.3) is 0 Å². The number of carbonyl (C=O) groups excluding carboxylic acids is 1. The van der Waals surface area contributed by atoms with Crippen molar-refractivity contribution in [2.75, 3.05) is 5.32 Å². The number of aromatic carboxylic acids is 1. The number of hydrogen-bond donors (Lipinski definition) is 2. The van der Waals surface area contributed by atoms with Crippen molar-refractivity contribution in [2.24, 2.45) is 0 Å². The van der Waals surface area contributed by atoms with Crippen molar-refractivity contribution in [3.8, 4) is 0 Å². The van der Waals surface area contributed by atoms with Crippen LogP contribution < -0.4 is 5.32 Å². The number of carbonyl (C=O) groups is 2. The molecule has 0 atom stereocenters. The van der Waals surface area contributed by atoms with Gasteiger partial charge in [0.05, 0.1) is 11.3 Å². The second-order valence-corrected chi connectivity index (χ2v) is 6.37. The minimum atomic E-state index is -1.09. The van der Waals surface area contributed by atoms with Gasteiger partial charge in [-0.15, -0.1) is 0 Å². The maximum absolute atomic E-state index is 12.6. The zero-order valence-electron chi connectivity index (χ0n) is 13.1. The van der Waals surface area contributed by atoms with Crippen LogP contribution in [0, 0.1) is 0 Å². The topological polar surface area (TPSA) is 71.3 Å². The van der Waals surface area contributed by atoms with Gasteiger partial charge in [-0.25, -0.2) is 4.79 Å². The fraction of sp³-hybridized carbons (Fsp3) is 0.0526. The molecule has 6 heteroatoms. The van der Waals surface area contributed by atoms with E-state index in [-0.39, 0.29) is 17.2 Å². The third kappa shape index (κ3) is 3.97. The Morgan fingerprint density at radius 3 is 2.52 bits per heavy atom. The van der Waals surface area contributed by atoms with Crippen LogP contribution in [-0.4, -0.2) is 21.6 Å². The summed E-state index contributed by atoms with van der Waals surface area (Å²) in [5.74, 6) is -1.45. The SMILES string of the molecule is O=C(O)c1ccc(Br)cc1NC(=O)c1cccn1Cc1ccccc1. The summed E-state index contributed by atoms with van der Waals surface area (Å²) >= 11 is 3.29. The molecule has 0 bridgehead atoms. The average molecular weight is 399 g/mol. The van der Waals surface area contributed by atoms with E-state index in [0.717, 1.165) is 5.56 Å². The van der Waals surface area contributed by atoms with Crippen molar-refractivity contribution >= 4 is 33.5 Å². The highest BCUT2D eigenvalue weighted by molar-refractivity contribution is 9.10. The highest BCUT2D eigenvalue weighted by atomic mass is 79.9. The quantitative estimate of drug-likeness (QED) is 0.674. The van der Waals surface area contributed by atoms with E-state index in [2.05, 4.69) is 21.2 Å². The van der Waals surface area contributed by atoms with Crippen molar-refractivity contribution in [2.45, 2.75) is 6.54 Å². The Morgan fingerprint density at radius 1 is 1.04 bits per heavy atom. The molecule has 0 spiro atoms. The van der Waals surface area contributed by atoms with Gasteiger partial charge in [-0.05, 0) is 35.9 Å². The van der Waals surface area contributed by atoms with Crippen LogP contribution in [-0.2, 0) is 6.54 Å². The number of rotatable bonds is 5. The van der Waals surface area contributed by atoms with E-state index >= 15 is 0 Å². The van der Waals surface area contributed by atoms with Gasteiger partial charge in [0.1, 0.15) is 5.69 Å². The summed E-state index contributed by atoms with van der Waals surface area (Å²) in [5.41, 5.74) is 1.82. The predicted octanol–water partition coefficient (Wildman–Crippen LogP) is 4.25. The van der Waals surface area contributed by atoms with Gasteiger partial charge >= 0.3 is 5.97 Å². The van der Waals surface area contributed by atoms with E-state index in [1.807, 2.05) is 41.1 Å². The summed E-state index contributed by atoms with van der Waals surface area (Å²) < 4.78 is 2.51. The Morgan fingerprint density at radius 2 is 1.80 bits per heavy atom. The molecule has 0 aliphatic rings. The number of aromatic nitrogens is 1. The molecule has 0 radical (unpaired) electrons. The molecule has 3 rings (SSSR count). The number of amides is 1. The molecule has 0 saturated heterocycles. The number of hydrogen-bond acceptors (Lipinski definition) is 2. The second kappa shape index (κ2) is 7.36. The molecule has 0 unspecified atom stereocenters. The lowest BCUT2D eigenvalue weighted by atomic mass is 10.1. The second-order valence-electron chi connectivity index (χ2n) is 5.46. The molecule has 3 aromatic rings. The molecule has 5 nitrogen and oxygen atoms in total. The Balaban J connectivity index is 1.85. The number of benzene rings is 2. The van der Waals surface area contributed by atoms with Crippen molar-refractivity contribution in [1.82, 2.24) is 4.57 Å². The summed E-state index contributed by atoms with van der Waals surface area (Å²) in [6.45, 7) is 0.556. The molecular weight excluding hydrogens is 384 g/mol. The zero-order chi connectivity index (χ0) is 17.8. The third-order valence-corrected chi connectivity index (χ3v) is 4.21. The van der Waals surface area contributed by atoms with E-state index < -0.39 is 5.97 Å². The first-order valence-electron chi connectivity index (χ1n) is 7.58. The van der Waals surface area contributed by atoms with Crippen molar-refractivity contribution in [1.29, 1.82) is 0 Å². The molecule has 0 fully saturated rings. The lowest BCUT2D eigenvalue weighted by Crippen LogP contribution is -2.19. The summed E-state index contributed by atoms with van der Waals surface area (Å²) in [5, 5.41) is 12.0. The van der Waals surface area contributed by atoms with Gasteiger partial charge in [-0.3, -0.25) is 4.79 Å². The normalized spacial score (nSPS) is 10.4. The number of carboxylic acid groups (broad SMARTS) is 1. The maximum atomic E-state index is 12.6. The fourth-order valence-corrected chi connectivity index (χ4v) is 2.89. The van der Waals surface area contributed by atoms with Crippen LogP contribution in [0.15, 0.2) is 71.3 Å². The van der Waals surface area contributed by atoms with Crippen LogP contribution >= 0.6 is 15.9 Å². The lowest BCUT2D eigenvalue weighted by Gasteiger charge is -2.12. The van der Waals surface area contributed by atoms with Gasteiger partial charge < -0.3 is 15.0 Å². The molecule has 0 saturated carbocycles. The lowest BCUT2D eigenvalue weighted by molar-refractivity contribution is 0.0698. The molecule has 1 heterocycles. The first-order valence-corrected chi connectivity index (χ1v) is 8.37. The molecule has 1 amide bonds. The van der Waals surface area contributed by atoms with Crippen LogP contribution in [0.1, 0.15) is 26.4 Å². The number of carboxylic acids is 1. The summed E-state index contributed by atoms with van der Waals surface area (Å²) in [6.07, 6.45) is 1.82. The first kappa shape index (κ1) is 17.0. The molecular formula is C19H15BrN2O3. The van der Waals surface area contributed by atoms with E-state index in [1.54, 1.807) is 24.3 Å². The Bertz CT molecular complexity index is 919. The van der Waals surface area contributed by atoms with Crippen molar-refractivity contribution in [3.63, 3.8) is 0 Å². The largest absolute Gasteiger partial charge is 0.478 e. The van der Waals surface area contributed by atoms with Gasteiger partial charge in [-0.1, -0.05) is 46.3 Å². The van der Waals surface area contributed by atoms with Gasteiger partial charge in [-0.2, -0.15) is 0 Å². The first-order chi connectivity index (χ1) is 12.0. The monoisotopic (exact) mass is 398 g/mol. The summed E-state index contributed by atoms with van der Waals surface area (Å²) in [4.78, 5) is 24.0. The molecule has 2 aromatic carbocycles. The van der Waals surface area contributed by atoms with Crippen molar-refractivity contribution in [3.05, 3.63) is 88.2 Å². The summed E-state index contributed by atoms with van der Waals surface area (Å²) in [6, 6.07) is 17.9.